The maximum absolute atomic E-state index is 10.6. The number of aliphatic hydroxyl groups is 1. The third-order valence-corrected chi connectivity index (χ3v) is 3.59. The van der Waals surface area contributed by atoms with E-state index >= 15 is 0 Å². The number of nitrogens with one attached hydrogen (secondary N) is 1. The van der Waals surface area contributed by atoms with Gasteiger partial charge in [0.05, 0.1) is 28.1 Å². The maximum Gasteiger partial charge on any atom is 0.269 e. The maximum atomic E-state index is 10.6. The van der Waals surface area contributed by atoms with Crippen LogP contribution in [0, 0.1) is 10.1 Å². The summed E-state index contributed by atoms with van der Waals surface area (Å²) in [6.45, 7) is 2.19. The van der Waals surface area contributed by atoms with Gasteiger partial charge in [-0.25, -0.2) is 0 Å². The van der Waals surface area contributed by atoms with Crippen molar-refractivity contribution in [3.8, 4) is 0 Å². The van der Waals surface area contributed by atoms with Crippen LogP contribution in [0.2, 0.25) is 0 Å². The highest BCUT2D eigenvalue weighted by Gasteiger charge is 2.19. The van der Waals surface area contributed by atoms with Crippen LogP contribution in [-0.2, 0) is 0 Å². The Labute approximate surface area is 128 Å². The molecule has 6 N–H and O–H groups in total. The molecular weight excluding hydrogens is 292 g/mol. The number of hydrogen-bond donors (Lipinski definition) is 4. The second-order valence-corrected chi connectivity index (χ2v) is 5.16. The normalized spacial score (nSPS) is 15.0. The van der Waals surface area contributed by atoms with Crippen molar-refractivity contribution in [1.82, 2.24) is 5.32 Å². The van der Waals surface area contributed by atoms with Crippen molar-refractivity contribution in [2.75, 3.05) is 6.54 Å². The van der Waals surface area contributed by atoms with Gasteiger partial charge in [-0.1, -0.05) is 19.1 Å². The van der Waals surface area contributed by atoms with E-state index in [1.165, 1.54) is 24.3 Å². The highest BCUT2D eigenvalue weighted by atomic mass is 32.1. The fourth-order valence-corrected chi connectivity index (χ4v) is 1.94. The molecule has 0 aliphatic carbocycles. The molecule has 3 atom stereocenters. The topological polar surface area (TPSA) is 127 Å². The zero-order chi connectivity index (χ0) is 16.0. The van der Waals surface area contributed by atoms with E-state index in [9.17, 15) is 15.2 Å². The quantitative estimate of drug-likeness (QED) is 0.330. The van der Waals surface area contributed by atoms with E-state index in [2.05, 4.69) is 5.32 Å². The van der Waals surface area contributed by atoms with E-state index in [-0.39, 0.29) is 18.3 Å². The van der Waals surface area contributed by atoms with E-state index in [0.717, 1.165) is 0 Å². The van der Waals surface area contributed by atoms with Crippen LogP contribution >= 0.6 is 12.2 Å². The van der Waals surface area contributed by atoms with Gasteiger partial charge in [0.15, 0.2) is 0 Å². The van der Waals surface area contributed by atoms with E-state index in [1.54, 1.807) is 0 Å². The van der Waals surface area contributed by atoms with Gasteiger partial charge < -0.3 is 21.9 Å². The van der Waals surface area contributed by atoms with Crippen molar-refractivity contribution < 1.29 is 10.0 Å². The molecular formula is C13H20N4O3S. The molecule has 0 bridgehead atoms. The molecule has 0 saturated carbocycles. The summed E-state index contributed by atoms with van der Waals surface area (Å²) in [5.41, 5.74) is 12.1. The Morgan fingerprint density at radius 2 is 2.00 bits per heavy atom. The van der Waals surface area contributed by atoms with Crippen LogP contribution in [0.5, 0.6) is 0 Å². The first-order valence-electron chi connectivity index (χ1n) is 6.58. The Morgan fingerprint density at radius 3 is 2.48 bits per heavy atom. The monoisotopic (exact) mass is 312 g/mol. The molecule has 0 spiro atoms. The van der Waals surface area contributed by atoms with Gasteiger partial charge in [0.25, 0.3) is 5.69 Å². The molecule has 21 heavy (non-hydrogen) atoms. The number of nitrogens with two attached hydrogens (primary N) is 2. The number of non-ortho nitro benzene ring substituents is 1. The largest absolute Gasteiger partial charge is 0.387 e. The van der Waals surface area contributed by atoms with Crippen molar-refractivity contribution in [3.05, 3.63) is 39.9 Å². The lowest BCUT2D eigenvalue weighted by molar-refractivity contribution is -0.384. The molecule has 1 aromatic rings. The number of hydrogen-bond acceptors (Lipinski definition) is 6. The van der Waals surface area contributed by atoms with Crippen LogP contribution in [0.25, 0.3) is 0 Å². The second-order valence-electron chi connectivity index (χ2n) is 4.72. The van der Waals surface area contributed by atoms with Gasteiger partial charge in [-0.2, -0.15) is 0 Å². The number of aliphatic hydroxyl groups excluding tert-OH is 1. The molecule has 1 rings (SSSR count). The Bertz CT molecular complexity index is 495. The van der Waals surface area contributed by atoms with Crippen LogP contribution in [0.15, 0.2) is 24.3 Å². The van der Waals surface area contributed by atoms with Crippen LogP contribution in [-0.4, -0.2) is 33.6 Å². The third kappa shape index (κ3) is 5.01. The first-order chi connectivity index (χ1) is 9.86. The van der Waals surface area contributed by atoms with E-state index < -0.39 is 17.1 Å². The molecule has 0 aromatic heterocycles. The van der Waals surface area contributed by atoms with Crippen molar-refractivity contribution in [2.45, 2.75) is 31.5 Å². The minimum absolute atomic E-state index is 0.0345. The summed E-state index contributed by atoms with van der Waals surface area (Å²) in [5.74, 6) is 0. The van der Waals surface area contributed by atoms with Crippen molar-refractivity contribution in [2.24, 2.45) is 11.5 Å². The van der Waals surface area contributed by atoms with Gasteiger partial charge >= 0.3 is 0 Å². The lowest BCUT2D eigenvalue weighted by atomic mass is 10.0. The summed E-state index contributed by atoms with van der Waals surface area (Å²) < 4.78 is 0. The molecule has 0 aliphatic heterocycles. The van der Waals surface area contributed by atoms with Gasteiger partial charge in [0.2, 0.25) is 0 Å². The van der Waals surface area contributed by atoms with E-state index in [1.807, 2.05) is 6.92 Å². The minimum Gasteiger partial charge on any atom is -0.387 e. The predicted octanol–water partition coefficient (Wildman–Crippen LogP) is 0.610. The molecule has 116 valence electrons. The lowest BCUT2D eigenvalue weighted by Gasteiger charge is -2.21. The highest BCUT2D eigenvalue weighted by Crippen LogP contribution is 2.19. The molecule has 1 aromatic carbocycles. The molecule has 0 aliphatic rings. The molecule has 0 unspecified atom stereocenters. The lowest BCUT2D eigenvalue weighted by Crippen LogP contribution is -2.45. The van der Waals surface area contributed by atoms with Gasteiger partial charge in [-0.15, -0.1) is 0 Å². The molecule has 0 radical (unpaired) electrons. The van der Waals surface area contributed by atoms with Gasteiger partial charge in [-0.05, 0) is 24.1 Å². The number of benzene rings is 1. The first kappa shape index (κ1) is 17.4. The molecule has 7 nitrogen and oxygen atoms in total. The fraction of sp³-hybridized carbons (Fsp3) is 0.462. The standard InChI is InChI=1S/C13H20N4O3S/c1-2-10(14)13(21)16-7-11(15)12(18)8-3-5-9(6-4-8)17(19)20/h3-6,10-12,18H,2,7,14-15H2,1H3,(H,16,21)/t10-,11-,12-/m0/s1. The SMILES string of the molecule is CC[C@H](N)C(=S)NC[C@H](N)[C@@H](O)c1ccc([N+](=O)[O-])cc1. The summed E-state index contributed by atoms with van der Waals surface area (Å²) in [6.07, 6.45) is -0.231. The van der Waals surface area contributed by atoms with Gasteiger partial charge in [0, 0.05) is 18.7 Å². The smallest absolute Gasteiger partial charge is 0.269 e. The van der Waals surface area contributed by atoms with Crippen molar-refractivity contribution >= 4 is 22.9 Å². The summed E-state index contributed by atoms with van der Waals surface area (Å²) in [6, 6.07) is 4.79. The number of rotatable bonds is 7. The minimum atomic E-state index is -0.945. The Hall–Kier alpha value is -1.61. The second kappa shape index (κ2) is 7.99. The number of nitro groups is 1. The first-order valence-corrected chi connectivity index (χ1v) is 6.99. The molecule has 8 heteroatoms. The van der Waals surface area contributed by atoms with Crippen LogP contribution in [0.4, 0.5) is 5.69 Å². The molecule has 0 saturated heterocycles. The van der Waals surface area contributed by atoms with Crippen LogP contribution in [0.3, 0.4) is 0 Å². The van der Waals surface area contributed by atoms with E-state index in [4.69, 9.17) is 23.7 Å². The Morgan fingerprint density at radius 1 is 1.43 bits per heavy atom. The molecule has 0 fully saturated rings. The van der Waals surface area contributed by atoms with E-state index in [0.29, 0.717) is 17.0 Å². The zero-order valence-corrected chi connectivity index (χ0v) is 12.5. The molecule has 0 amide bonds. The number of thiocarbonyl (C=S) groups is 1. The summed E-state index contributed by atoms with van der Waals surface area (Å²) in [7, 11) is 0. The fourth-order valence-electron chi connectivity index (χ4n) is 1.69. The van der Waals surface area contributed by atoms with Gasteiger partial charge in [-0.3, -0.25) is 10.1 Å². The number of nitro benzene ring substituents is 1. The predicted molar refractivity (Wildman–Crippen MR) is 84.9 cm³/mol. The Balaban J connectivity index is 2.59. The average Bonchev–Trinajstić information content (AvgIpc) is 2.50. The van der Waals surface area contributed by atoms with Crippen LogP contribution in [0.1, 0.15) is 25.0 Å². The summed E-state index contributed by atoms with van der Waals surface area (Å²) in [4.78, 5) is 10.6. The number of nitrogens with zero attached hydrogens (tertiary/aromatic N) is 1. The van der Waals surface area contributed by atoms with Gasteiger partial charge in [0.1, 0.15) is 0 Å². The molecule has 0 heterocycles. The summed E-state index contributed by atoms with van der Waals surface area (Å²) in [5, 5.41) is 23.6. The highest BCUT2D eigenvalue weighted by molar-refractivity contribution is 7.80. The van der Waals surface area contributed by atoms with Crippen molar-refractivity contribution in [1.29, 1.82) is 0 Å². The zero-order valence-electron chi connectivity index (χ0n) is 11.7. The third-order valence-electron chi connectivity index (χ3n) is 3.14. The van der Waals surface area contributed by atoms with Crippen LogP contribution < -0.4 is 16.8 Å². The summed E-state index contributed by atoms with van der Waals surface area (Å²) >= 11 is 5.10. The van der Waals surface area contributed by atoms with Crippen molar-refractivity contribution in [3.63, 3.8) is 0 Å². The Kier molecular flexibility index (Phi) is 6.63. The average molecular weight is 312 g/mol.